The standard InChI is InChI=1S/C12H23N3O/c1-10-9-15(8-5-13-10)12(16)11-3-6-14(2)7-4-11/h10-11,13H,3-9H2,1-2H3/t10-/m1/s1. The molecule has 0 saturated carbocycles. The predicted molar refractivity (Wildman–Crippen MR) is 64.3 cm³/mol. The van der Waals surface area contributed by atoms with Crippen molar-refractivity contribution in [2.24, 2.45) is 5.92 Å². The minimum atomic E-state index is 0.279. The molecule has 0 aromatic heterocycles. The molecular formula is C12H23N3O. The van der Waals surface area contributed by atoms with Crippen LogP contribution in [-0.4, -0.2) is 61.5 Å². The Bertz CT molecular complexity index is 249. The molecule has 2 saturated heterocycles. The summed E-state index contributed by atoms with van der Waals surface area (Å²) in [6, 6.07) is 0.448. The molecule has 0 aromatic carbocycles. The second-order valence-corrected chi connectivity index (χ2v) is 5.22. The van der Waals surface area contributed by atoms with Crippen LogP contribution in [0.1, 0.15) is 19.8 Å². The van der Waals surface area contributed by atoms with E-state index in [1.165, 1.54) is 0 Å². The number of piperidine rings is 1. The van der Waals surface area contributed by atoms with Gasteiger partial charge in [-0.25, -0.2) is 0 Å². The number of piperazine rings is 1. The van der Waals surface area contributed by atoms with Gasteiger partial charge in [-0.3, -0.25) is 4.79 Å². The third-order valence-electron chi connectivity index (χ3n) is 3.75. The van der Waals surface area contributed by atoms with E-state index >= 15 is 0 Å². The summed E-state index contributed by atoms with van der Waals surface area (Å²) in [5, 5.41) is 3.37. The second-order valence-electron chi connectivity index (χ2n) is 5.22. The molecule has 4 nitrogen and oxygen atoms in total. The van der Waals surface area contributed by atoms with Crippen LogP contribution in [-0.2, 0) is 4.79 Å². The van der Waals surface area contributed by atoms with Gasteiger partial charge < -0.3 is 15.1 Å². The molecule has 0 aliphatic carbocycles. The number of hydrogen-bond acceptors (Lipinski definition) is 3. The third kappa shape index (κ3) is 2.74. The molecule has 0 aromatic rings. The van der Waals surface area contributed by atoms with E-state index in [1.54, 1.807) is 0 Å². The highest BCUT2D eigenvalue weighted by Crippen LogP contribution is 2.19. The normalized spacial score (nSPS) is 29.4. The van der Waals surface area contributed by atoms with Crippen molar-refractivity contribution in [2.75, 3.05) is 39.8 Å². The fourth-order valence-electron chi connectivity index (χ4n) is 2.65. The lowest BCUT2D eigenvalue weighted by atomic mass is 9.95. The molecule has 1 atom stereocenters. The van der Waals surface area contributed by atoms with Crippen LogP contribution in [0.3, 0.4) is 0 Å². The van der Waals surface area contributed by atoms with Gasteiger partial charge in [-0.05, 0) is 39.9 Å². The van der Waals surface area contributed by atoms with Crippen molar-refractivity contribution in [1.29, 1.82) is 0 Å². The van der Waals surface area contributed by atoms with Gasteiger partial charge in [-0.2, -0.15) is 0 Å². The molecule has 0 radical (unpaired) electrons. The molecule has 2 aliphatic heterocycles. The van der Waals surface area contributed by atoms with Crippen LogP contribution in [0, 0.1) is 5.92 Å². The SMILES string of the molecule is C[C@@H]1CN(C(=O)C2CCN(C)CC2)CCN1. The van der Waals surface area contributed by atoms with Crippen LogP contribution >= 0.6 is 0 Å². The Kier molecular flexibility index (Phi) is 3.82. The molecule has 2 fully saturated rings. The van der Waals surface area contributed by atoms with Crippen LogP contribution in [0.2, 0.25) is 0 Å². The van der Waals surface area contributed by atoms with Crippen LogP contribution in [0.5, 0.6) is 0 Å². The number of carbonyl (C=O) groups excluding carboxylic acids is 1. The quantitative estimate of drug-likeness (QED) is 0.690. The van der Waals surface area contributed by atoms with Gasteiger partial charge >= 0.3 is 0 Å². The van der Waals surface area contributed by atoms with Crippen molar-refractivity contribution in [3.8, 4) is 0 Å². The van der Waals surface area contributed by atoms with Crippen molar-refractivity contribution in [3.05, 3.63) is 0 Å². The first-order chi connectivity index (χ1) is 7.66. The monoisotopic (exact) mass is 225 g/mol. The average Bonchev–Trinajstić information content (AvgIpc) is 2.29. The van der Waals surface area contributed by atoms with E-state index in [-0.39, 0.29) is 5.92 Å². The van der Waals surface area contributed by atoms with Crippen LogP contribution in [0.25, 0.3) is 0 Å². The molecule has 0 unspecified atom stereocenters. The molecule has 2 rings (SSSR count). The largest absolute Gasteiger partial charge is 0.340 e. The van der Waals surface area contributed by atoms with Crippen molar-refractivity contribution in [1.82, 2.24) is 15.1 Å². The first kappa shape index (κ1) is 11.9. The summed E-state index contributed by atoms with van der Waals surface area (Å²) in [7, 11) is 2.13. The van der Waals surface area contributed by atoms with Gasteiger partial charge in [-0.15, -0.1) is 0 Å². The first-order valence-corrected chi connectivity index (χ1v) is 6.37. The van der Waals surface area contributed by atoms with Crippen molar-refractivity contribution >= 4 is 5.91 Å². The predicted octanol–water partition coefficient (Wildman–Crippen LogP) is 0.149. The molecule has 2 aliphatic rings. The Morgan fingerprint density at radius 1 is 1.25 bits per heavy atom. The van der Waals surface area contributed by atoms with E-state index in [0.29, 0.717) is 11.9 Å². The van der Waals surface area contributed by atoms with E-state index in [2.05, 4.69) is 29.1 Å². The average molecular weight is 225 g/mol. The molecule has 1 N–H and O–H groups in total. The summed E-state index contributed by atoms with van der Waals surface area (Å²) in [5.74, 6) is 0.669. The molecule has 0 spiro atoms. The number of nitrogens with zero attached hydrogens (tertiary/aromatic N) is 2. The van der Waals surface area contributed by atoms with Crippen LogP contribution in [0.15, 0.2) is 0 Å². The number of carbonyl (C=O) groups is 1. The summed E-state index contributed by atoms with van der Waals surface area (Å²) in [5.41, 5.74) is 0. The van der Waals surface area contributed by atoms with Crippen molar-refractivity contribution in [3.63, 3.8) is 0 Å². The van der Waals surface area contributed by atoms with Gasteiger partial charge in [0.25, 0.3) is 0 Å². The zero-order valence-corrected chi connectivity index (χ0v) is 10.4. The molecule has 4 heteroatoms. The minimum Gasteiger partial charge on any atom is -0.340 e. The lowest BCUT2D eigenvalue weighted by Gasteiger charge is -2.36. The third-order valence-corrected chi connectivity index (χ3v) is 3.75. The lowest BCUT2D eigenvalue weighted by molar-refractivity contribution is -0.138. The maximum Gasteiger partial charge on any atom is 0.225 e. The van der Waals surface area contributed by atoms with Crippen LogP contribution < -0.4 is 5.32 Å². The van der Waals surface area contributed by atoms with Gasteiger partial charge in [0.2, 0.25) is 5.91 Å². The summed E-state index contributed by atoms with van der Waals surface area (Å²) >= 11 is 0. The maximum absolute atomic E-state index is 12.3. The Balaban J connectivity index is 1.86. The number of nitrogens with one attached hydrogen (secondary N) is 1. The number of hydrogen-bond donors (Lipinski definition) is 1. The zero-order chi connectivity index (χ0) is 11.5. The van der Waals surface area contributed by atoms with E-state index in [4.69, 9.17) is 0 Å². The smallest absolute Gasteiger partial charge is 0.225 e. The first-order valence-electron chi connectivity index (χ1n) is 6.37. The lowest BCUT2D eigenvalue weighted by Crippen LogP contribution is -2.53. The fraction of sp³-hybridized carbons (Fsp3) is 0.917. The van der Waals surface area contributed by atoms with E-state index in [9.17, 15) is 4.79 Å². The van der Waals surface area contributed by atoms with E-state index in [1.807, 2.05) is 0 Å². The highest BCUT2D eigenvalue weighted by atomic mass is 16.2. The van der Waals surface area contributed by atoms with Crippen LogP contribution in [0.4, 0.5) is 0 Å². The Morgan fingerprint density at radius 2 is 1.94 bits per heavy atom. The zero-order valence-electron chi connectivity index (χ0n) is 10.4. The van der Waals surface area contributed by atoms with Gasteiger partial charge in [0, 0.05) is 31.6 Å². The number of rotatable bonds is 1. The number of amides is 1. The molecular weight excluding hydrogens is 202 g/mol. The van der Waals surface area contributed by atoms with Gasteiger partial charge in [0.15, 0.2) is 0 Å². The Morgan fingerprint density at radius 3 is 2.56 bits per heavy atom. The van der Waals surface area contributed by atoms with Gasteiger partial charge in [-0.1, -0.05) is 0 Å². The summed E-state index contributed by atoms with van der Waals surface area (Å²) < 4.78 is 0. The van der Waals surface area contributed by atoms with Gasteiger partial charge in [0.05, 0.1) is 0 Å². The highest BCUT2D eigenvalue weighted by molar-refractivity contribution is 5.79. The summed E-state index contributed by atoms with van der Waals surface area (Å²) in [6.45, 7) is 6.99. The highest BCUT2D eigenvalue weighted by Gasteiger charge is 2.29. The molecule has 16 heavy (non-hydrogen) atoms. The second kappa shape index (κ2) is 5.15. The van der Waals surface area contributed by atoms with Gasteiger partial charge in [0.1, 0.15) is 0 Å². The molecule has 2 heterocycles. The summed E-state index contributed by atoms with van der Waals surface area (Å²) in [4.78, 5) is 16.6. The summed E-state index contributed by atoms with van der Waals surface area (Å²) in [6.07, 6.45) is 2.07. The van der Waals surface area contributed by atoms with Crippen molar-refractivity contribution < 1.29 is 4.79 Å². The molecule has 0 bridgehead atoms. The topological polar surface area (TPSA) is 35.6 Å². The minimum absolute atomic E-state index is 0.279. The number of likely N-dealkylation sites (tertiary alicyclic amines) is 1. The molecule has 92 valence electrons. The van der Waals surface area contributed by atoms with Crippen molar-refractivity contribution in [2.45, 2.75) is 25.8 Å². The van der Waals surface area contributed by atoms with E-state index < -0.39 is 0 Å². The fourth-order valence-corrected chi connectivity index (χ4v) is 2.65. The Hall–Kier alpha value is -0.610. The Labute approximate surface area is 98.0 Å². The molecule has 1 amide bonds. The van der Waals surface area contributed by atoms with E-state index in [0.717, 1.165) is 45.6 Å². The maximum atomic E-state index is 12.3.